The standard InChI is InChI=1S/C18H21BrN2O/c1-2-17(15-8-10-16(19)11-9-15)20-13-18(22)21-12-14-6-4-3-5-7-14/h3-11,17,20H,2,12-13H2,1H3,(H,21,22)/t17-/m0/s1. The number of carbonyl (C=O) groups is 1. The van der Waals surface area contributed by atoms with Gasteiger partial charge in [0.15, 0.2) is 0 Å². The molecule has 22 heavy (non-hydrogen) atoms. The first kappa shape index (κ1) is 16.7. The third kappa shape index (κ3) is 5.28. The first-order valence-corrected chi connectivity index (χ1v) is 8.28. The van der Waals surface area contributed by atoms with Crippen molar-refractivity contribution in [3.05, 3.63) is 70.2 Å². The molecule has 0 aliphatic heterocycles. The summed E-state index contributed by atoms with van der Waals surface area (Å²) >= 11 is 3.44. The van der Waals surface area contributed by atoms with Crippen LogP contribution < -0.4 is 10.6 Å². The molecule has 4 heteroatoms. The van der Waals surface area contributed by atoms with Gasteiger partial charge in [0.2, 0.25) is 5.91 Å². The van der Waals surface area contributed by atoms with Gasteiger partial charge in [-0.25, -0.2) is 0 Å². The van der Waals surface area contributed by atoms with Gasteiger partial charge in [-0.1, -0.05) is 65.3 Å². The molecule has 2 aromatic rings. The first-order chi connectivity index (χ1) is 10.7. The number of carbonyl (C=O) groups excluding carboxylic acids is 1. The van der Waals surface area contributed by atoms with Crippen LogP contribution in [0.3, 0.4) is 0 Å². The van der Waals surface area contributed by atoms with Gasteiger partial charge < -0.3 is 10.6 Å². The van der Waals surface area contributed by atoms with E-state index in [9.17, 15) is 4.79 Å². The Morgan fingerprint density at radius 3 is 2.41 bits per heavy atom. The zero-order chi connectivity index (χ0) is 15.8. The van der Waals surface area contributed by atoms with E-state index in [1.54, 1.807) is 0 Å². The molecule has 116 valence electrons. The molecule has 1 amide bonds. The molecule has 0 aliphatic carbocycles. The van der Waals surface area contributed by atoms with Gasteiger partial charge >= 0.3 is 0 Å². The summed E-state index contributed by atoms with van der Waals surface area (Å²) in [5.74, 6) is 0.0133. The van der Waals surface area contributed by atoms with Crippen LogP contribution in [0.1, 0.15) is 30.5 Å². The maximum atomic E-state index is 11.9. The average Bonchev–Trinajstić information content (AvgIpc) is 2.56. The number of benzene rings is 2. The van der Waals surface area contributed by atoms with Crippen molar-refractivity contribution in [1.82, 2.24) is 10.6 Å². The smallest absolute Gasteiger partial charge is 0.234 e. The molecule has 2 aromatic carbocycles. The molecular weight excluding hydrogens is 340 g/mol. The molecule has 3 nitrogen and oxygen atoms in total. The minimum absolute atomic E-state index is 0.0133. The molecule has 0 fully saturated rings. The van der Waals surface area contributed by atoms with E-state index in [0.717, 1.165) is 16.5 Å². The molecule has 0 heterocycles. The lowest BCUT2D eigenvalue weighted by atomic mass is 10.0. The van der Waals surface area contributed by atoms with Crippen LogP contribution in [-0.2, 0) is 11.3 Å². The van der Waals surface area contributed by atoms with Gasteiger partial charge in [0.1, 0.15) is 0 Å². The minimum atomic E-state index is 0.0133. The molecule has 0 saturated heterocycles. The average molecular weight is 361 g/mol. The summed E-state index contributed by atoms with van der Waals surface area (Å²) in [6, 6.07) is 18.3. The van der Waals surface area contributed by atoms with Crippen LogP contribution >= 0.6 is 15.9 Å². The van der Waals surface area contributed by atoms with Crippen LogP contribution in [-0.4, -0.2) is 12.5 Å². The molecular formula is C18H21BrN2O. The number of hydrogen-bond acceptors (Lipinski definition) is 2. The van der Waals surface area contributed by atoms with Gasteiger partial charge in [0, 0.05) is 17.1 Å². The monoisotopic (exact) mass is 360 g/mol. The number of nitrogens with one attached hydrogen (secondary N) is 2. The van der Waals surface area contributed by atoms with Crippen LogP contribution in [0.2, 0.25) is 0 Å². The molecule has 2 rings (SSSR count). The molecule has 0 aliphatic rings. The van der Waals surface area contributed by atoms with Crippen molar-refractivity contribution in [3.63, 3.8) is 0 Å². The predicted octanol–water partition coefficient (Wildman–Crippen LogP) is 3.81. The fraction of sp³-hybridized carbons (Fsp3) is 0.278. The van der Waals surface area contributed by atoms with Crippen molar-refractivity contribution in [2.75, 3.05) is 6.54 Å². The number of hydrogen-bond donors (Lipinski definition) is 2. The highest BCUT2D eigenvalue weighted by Crippen LogP contribution is 2.19. The molecule has 0 saturated carbocycles. The highest BCUT2D eigenvalue weighted by Gasteiger charge is 2.10. The third-order valence-corrected chi connectivity index (χ3v) is 4.05. The normalized spacial score (nSPS) is 11.9. The Morgan fingerprint density at radius 1 is 1.09 bits per heavy atom. The Morgan fingerprint density at radius 2 is 1.77 bits per heavy atom. The molecule has 2 N–H and O–H groups in total. The van der Waals surface area contributed by atoms with E-state index >= 15 is 0 Å². The van der Waals surface area contributed by atoms with Crippen molar-refractivity contribution in [2.45, 2.75) is 25.9 Å². The van der Waals surface area contributed by atoms with Crippen molar-refractivity contribution < 1.29 is 4.79 Å². The van der Waals surface area contributed by atoms with E-state index in [1.165, 1.54) is 5.56 Å². The molecule has 0 bridgehead atoms. The summed E-state index contributed by atoms with van der Waals surface area (Å²) < 4.78 is 1.06. The summed E-state index contributed by atoms with van der Waals surface area (Å²) in [6.45, 7) is 3.00. The van der Waals surface area contributed by atoms with Gasteiger partial charge in [-0.3, -0.25) is 4.79 Å². The van der Waals surface area contributed by atoms with E-state index in [0.29, 0.717) is 13.1 Å². The fourth-order valence-corrected chi connectivity index (χ4v) is 2.53. The zero-order valence-electron chi connectivity index (χ0n) is 12.7. The van der Waals surface area contributed by atoms with Gasteiger partial charge in [0.05, 0.1) is 6.54 Å². The lowest BCUT2D eigenvalue weighted by Gasteiger charge is -2.17. The summed E-state index contributed by atoms with van der Waals surface area (Å²) in [5, 5.41) is 6.24. The fourth-order valence-electron chi connectivity index (χ4n) is 2.27. The Kier molecular flexibility index (Phi) is 6.62. The highest BCUT2D eigenvalue weighted by molar-refractivity contribution is 9.10. The number of amides is 1. The summed E-state index contributed by atoms with van der Waals surface area (Å²) in [5.41, 5.74) is 2.30. The summed E-state index contributed by atoms with van der Waals surface area (Å²) in [4.78, 5) is 11.9. The number of rotatable bonds is 7. The summed E-state index contributed by atoms with van der Waals surface area (Å²) in [7, 11) is 0. The predicted molar refractivity (Wildman–Crippen MR) is 93.5 cm³/mol. The van der Waals surface area contributed by atoms with Gasteiger partial charge in [0.25, 0.3) is 0 Å². The third-order valence-electron chi connectivity index (χ3n) is 3.52. The molecule has 0 spiro atoms. The van der Waals surface area contributed by atoms with Crippen molar-refractivity contribution >= 4 is 21.8 Å². The van der Waals surface area contributed by atoms with E-state index in [4.69, 9.17) is 0 Å². The van der Waals surface area contributed by atoms with Crippen LogP contribution in [0.15, 0.2) is 59.1 Å². The minimum Gasteiger partial charge on any atom is -0.351 e. The number of halogens is 1. The summed E-state index contributed by atoms with van der Waals surface area (Å²) in [6.07, 6.45) is 0.938. The van der Waals surface area contributed by atoms with Crippen molar-refractivity contribution in [1.29, 1.82) is 0 Å². The molecule has 0 unspecified atom stereocenters. The van der Waals surface area contributed by atoms with Gasteiger partial charge in [-0.2, -0.15) is 0 Å². The van der Waals surface area contributed by atoms with Crippen LogP contribution in [0, 0.1) is 0 Å². The van der Waals surface area contributed by atoms with E-state index in [1.807, 2.05) is 42.5 Å². The second kappa shape index (κ2) is 8.71. The Balaban J connectivity index is 1.80. The van der Waals surface area contributed by atoms with E-state index in [2.05, 4.69) is 45.6 Å². The van der Waals surface area contributed by atoms with E-state index < -0.39 is 0 Å². The van der Waals surface area contributed by atoms with Crippen LogP contribution in [0.4, 0.5) is 0 Å². The lowest BCUT2D eigenvalue weighted by molar-refractivity contribution is -0.120. The SMILES string of the molecule is CC[C@H](NCC(=O)NCc1ccccc1)c1ccc(Br)cc1. The topological polar surface area (TPSA) is 41.1 Å². The van der Waals surface area contributed by atoms with Crippen molar-refractivity contribution in [3.8, 4) is 0 Å². The van der Waals surface area contributed by atoms with Crippen LogP contribution in [0.5, 0.6) is 0 Å². The maximum Gasteiger partial charge on any atom is 0.234 e. The maximum absolute atomic E-state index is 11.9. The van der Waals surface area contributed by atoms with Gasteiger partial charge in [-0.05, 0) is 29.7 Å². The quantitative estimate of drug-likeness (QED) is 0.788. The lowest BCUT2D eigenvalue weighted by Crippen LogP contribution is -2.35. The zero-order valence-corrected chi connectivity index (χ0v) is 14.3. The van der Waals surface area contributed by atoms with Crippen LogP contribution in [0.25, 0.3) is 0 Å². The Hall–Kier alpha value is -1.65. The van der Waals surface area contributed by atoms with Crippen molar-refractivity contribution in [2.24, 2.45) is 0 Å². The molecule has 1 atom stereocenters. The molecule has 0 radical (unpaired) electrons. The largest absolute Gasteiger partial charge is 0.351 e. The second-order valence-electron chi connectivity index (χ2n) is 5.16. The van der Waals surface area contributed by atoms with E-state index in [-0.39, 0.29) is 11.9 Å². The Labute approximate surface area is 140 Å². The second-order valence-corrected chi connectivity index (χ2v) is 6.07. The van der Waals surface area contributed by atoms with Gasteiger partial charge in [-0.15, -0.1) is 0 Å². The Bertz CT molecular complexity index is 584. The first-order valence-electron chi connectivity index (χ1n) is 7.48. The molecule has 0 aromatic heterocycles. The highest BCUT2D eigenvalue weighted by atomic mass is 79.9.